The monoisotopic (exact) mass is 463 g/mol. The van der Waals surface area contributed by atoms with Crippen LogP contribution in [-0.4, -0.2) is 18.1 Å². The zero-order chi connectivity index (χ0) is 22.3. The Morgan fingerprint density at radius 2 is 2.09 bits per heavy atom. The van der Waals surface area contributed by atoms with Crippen molar-refractivity contribution < 1.29 is 14.3 Å². The summed E-state index contributed by atoms with van der Waals surface area (Å²) in [6.07, 6.45) is 4.30. The molecule has 8 heteroatoms. The number of amides is 2. The third-order valence-corrected chi connectivity index (χ3v) is 6.96. The first-order valence-corrected chi connectivity index (χ1v) is 11.9. The second-order valence-electron chi connectivity index (χ2n) is 7.31. The molecule has 2 aromatic heterocycles. The quantitative estimate of drug-likeness (QED) is 0.497. The molecule has 0 saturated carbocycles. The van der Waals surface area contributed by atoms with Crippen molar-refractivity contribution in [3.05, 3.63) is 80.4 Å². The summed E-state index contributed by atoms with van der Waals surface area (Å²) in [5.41, 5.74) is 3.41. The zero-order valence-corrected chi connectivity index (χ0v) is 18.8. The number of anilines is 1. The van der Waals surface area contributed by atoms with E-state index < -0.39 is 6.09 Å². The van der Waals surface area contributed by atoms with Crippen LogP contribution in [0.15, 0.2) is 53.2 Å². The highest BCUT2D eigenvalue weighted by molar-refractivity contribution is 7.16. The first-order valence-electron chi connectivity index (χ1n) is 10.2. The molecule has 0 aliphatic heterocycles. The predicted octanol–water partition coefficient (Wildman–Crippen LogP) is 5.12. The van der Waals surface area contributed by atoms with E-state index in [9.17, 15) is 14.9 Å². The molecule has 0 radical (unpaired) electrons. The number of thiophene rings is 2. The molecule has 2 heterocycles. The molecular weight excluding hydrogens is 442 g/mol. The van der Waals surface area contributed by atoms with Gasteiger partial charge in [-0.05, 0) is 52.4 Å². The molecule has 2 amide bonds. The third-order valence-electron chi connectivity index (χ3n) is 5.09. The van der Waals surface area contributed by atoms with E-state index in [2.05, 4.69) is 16.7 Å². The fourth-order valence-corrected chi connectivity index (χ4v) is 5.42. The van der Waals surface area contributed by atoms with E-state index in [4.69, 9.17) is 4.74 Å². The van der Waals surface area contributed by atoms with Crippen molar-refractivity contribution in [2.75, 3.05) is 5.32 Å². The summed E-state index contributed by atoms with van der Waals surface area (Å²) < 4.78 is 5.59. The van der Waals surface area contributed by atoms with Gasteiger partial charge < -0.3 is 15.4 Å². The summed E-state index contributed by atoms with van der Waals surface area (Å²) in [6, 6.07) is 13.8. The van der Waals surface area contributed by atoms with Crippen molar-refractivity contribution in [2.24, 2.45) is 0 Å². The highest BCUT2D eigenvalue weighted by Crippen LogP contribution is 2.38. The average Bonchev–Trinajstić information content (AvgIpc) is 3.44. The Morgan fingerprint density at radius 1 is 1.25 bits per heavy atom. The minimum Gasteiger partial charge on any atom is -0.446 e. The van der Waals surface area contributed by atoms with Crippen molar-refractivity contribution in [1.82, 2.24) is 5.32 Å². The summed E-state index contributed by atoms with van der Waals surface area (Å²) >= 11 is 2.94. The van der Waals surface area contributed by atoms with Crippen LogP contribution in [0.3, 0.4) is 0 Å². The maximum Gasteiger partial charge on any atom is 0.407 e. The van der Waals surface area contributed by atoms with E-state index in [0.717, 1.165) is 21.6 Å². The Morgan fingerprint density at radius 3 is 2.84 bits per heavy atom. The molecule has 4 rings (SSSR count). The molecule has 0 spiro atoms. The number of carbonyl (C=O) groups excluding carboxylic acids is 2. The van der Waals surface area contributed by atoms with E-state index in [1.807, 2.05) is 47.2 Å². The summed E-state index contributed by atoms with van der Waals surface area (Å²) in [4.78, 5) is 25.5. The molecule has 162 valence electrons. The molecule has 2 N–H and O–H groups in total. The van der Waals surface area contributed by atoms with Gasteiger partial charge in [-0.2, -0.15) is 16.6 Å². The summed E-state index contributed by atoms with van der Waals surface area (Å²) in [5.74, 6) is -0.278. The van der Waals surface area contributed by atoms with Crippen molar-refractivity contribution in [3.63, 3.8) is 0 Å². The van der Waals surface area contributed by atoms with Crippen LogP contribution in [0.1, 0.15) is 33.6 Å². The molecule has 0 fully saturated rings. The standard InChI is InChI=1S/C24H21N3O3S2/c25-13-20-19-8-7-18(30-24(29)26-14-16-4-2-1-3-5-16)12-21(19)32-23(20)27-22(28)9-6-17-10-11-31-15-17/h1-6,9-11,15,18H,7-8,12,14H2,(H,26,29)(H,27,28). The van der Waals surface area contributed by atoms with Gasteiger partial charge in [-0.15, -0.1) is 11.3 Å². The SMILES string of the molecule is N#Cc1c(NC(=O)C=Cc2ccsc2)sc2c1CCC(OC(=O)NCc1ccccc1)C2. The molecule has 3 aromatic rings. The van der Waals surface area contributed by atoms with Gasteiger partial charge in [0.2, 0.25) is 5.91 Å². The minimum atomic E-state index is -0.452. The number of benzene rings is 1. The fraction of sp³-hybridized carbons (Fsp3) is 0.208. The van der Waals surface area contributed by atoms with Crippen LogP contribution in [-0.2, 0) is 28.9 Å². The van der Waals surface area contributed by atoms with Gasteiger partial charge in [-0.1, -0.05) is 30.3 Å². The average molecular weight is 464 g/mol. The molecule has 1 atom stereocenters. The summed E-state index contributed by atoms with van der Waals surface area (Å²) in [5, 5.41) is 19.7. The fourth-order valence-electron chi connectivity index (χ4n) is 3.52. The lowest BCUT2D eigenvalue weighted by Crippen LogP contribution is -2.31. The summed E-state index contributed by atoms with van der Waals surface area (Å²) in [7, 11) is 0. The number of fused-ring (bicyclic) bond motifs is 1. The Bertz CT molecular complexity index is 1160. The lowest BCUT2D eigenvalue weighted by molar-refractivity contribution is -0.111. The normalized spacial score (nSPS) is 15.0. The number of hydrogen-bond acceptors (Lipinski definition) is 6. The van der Waals surface area contributed by atoms with E-state index >= 15 is 0 Å². The van der Waals surface area contributed by atoms with Crippen LogP contribution in [0, 0.1) is 11.3 Å². The van der Waals surface area contributed by atoms with Crippen molar-refractivity contribution >= 4 is 45.8 Å². The smallest absolute Gasteiger partial charge is 0.407 e. The number of ether oxygens (including phenoxy) is 1. The molecule has 1 unspecified atom stereocenters. The van der Waals surface area contributed by atoms with Gasteiger partial charge in [0, 0.05) is 23.9 Å². The van der Waals surface area contributed by atoms with Gasteiger partial charge in [0.05, 0.1) is 5.56 Å². The highest BCUT2D eigenvalue weighted by atomic mass is 32.1. The Hall–Kier alpha value is -3.41. The second kappa shape index (κ2) is 10.3. The molecule has 1 aliphatic carbocycles. The number of nitrogens with zero attached hydrogens (tertiary/aromatic N) is 1. The van der Waals surface area contributed by atoms with Gasteiger partial charge in [0.25, 0.3) is 0 Å². The summed E-state index contributed by atoms with van der Waals surface area (Å²) in [6.45, 7) is 0.407. The van der Waals surface area contributed by atoms with Crippen LogP contribution >= 0.6 is 22.7 Å². The molecular formula is C24H21N3O3S2. The number of nitriles is 1. The maximum absolute atomic E-state index is 12.3. The van der Waals surface area contributed by atoms with E-state index in [-0.39, 0.29) is 12.0 Å². The van der Waals surface area contributed by atoms with Crippen LogP contribution in [0.2, 0.25) is 0 Å². The number of hydrogen-bond donors (Lipinski definition) is 2. The third kappa shape index (κ3) is 5.44. The zero-order valence-electron chi connectivity index (χ0n) is 17.2. The number of alkyl carbamates (subject to hydrolysis) is 1. The number of rotatable bonds is 6. The second-order valence-corrected chi connectivity index (χ2v) is 9.19. The Balaban J connectivity index is 1.36. The number of carbonyl (C=O) groups is 2. The van der Waals surface area contributed by atoms with Gasteiger partial charge in [-0.25, -0.2) is 4.79 Å². The van der Waals surface area contributed by atoms with Crippen LogP contribution < -0.4 is 10.6 Å². The van der Waals surface area contributed by atoms with E-state index in [1.165, 1.54) is 17.4 Å². The van der Waals surface area contributed by atoms with Gasteiger partial charge in [0.15, 0.2) is 0 Å². The first-order chi connectivity index (χ1) is 15.6. The maximum atomic E-state index is 12.3. The van der Waals surface area contributed by atoms with Crippen LogP contribution in [0.25, 0.3) is 6.08 Å². The predicted molar refractivity (Wildman–Crippen MR) is 127 cm³/mol. The number of nitrogens with one attached hydrogen (secondary N) is 2. The van der Waals surface area contributed by atoms with Crippen molar-refractivity contribution in [3.8, 4) is 6.07 Å². The van der Waals surface area contributed by atoms with Gasteiger partial charge in [0.1, 0.15) is 17.2 Å². The largest absolute Gasteiger partial charge is 0.446 e. The van der Waals surface area contributed by atoms with Crippen LogP contribution in [0.5, 0.6) is 0 Å². The van der Waals surface area contributed by atoms with Gasteiger partial charge >= 0.3 is 6.09 Å². The molecule has 0 saturated heterocycles. The van der Waals surface area contributed by atoms with Gasteiger partial charge in [-0.3, -0.25) is 4.79 Å². The Labute approximate surface area is 194 Å². The minimum absolute atomic E-state index is 0.259. The lowest BCUT2D eigenvalue weighted by Gasteiger charge is -2.22. The lowest BCUT2D eigenvalue weighted by atomic mass is 9.94. The first kappa shape index (κ1) is 21.8. The van der Waals surface area contributed by atoms with E-state index in [0.29, 0.717) is 36.4 Å². The van der Waals surface area contributed by atoms with Crippen LogP contribution in [0.4, 0.5) is 9.80 Å². The topological polar surface area (TPSA) is 91.2 Å². The molecule has 6 nitrogen and oxygen atoms in total. The van der Waals surface area contributed by atoms with Crippen molar-refractivity contribution in [1.29, 1.82) is 5.26 Å². The molecule has 1 aliphatic rings. The van der Waals surface area contributed by atoms with Crippen molar-refractivity contribution in [2.45, 2.75) is 31.9 Å². The molecule has 0 bridgehead atoms. The highest BCUT2D eigenvalue weighted by Gasteiger charge is 2.28. The van der Waals surface area contributed by atoms with E-state index in [1.54, 1.807) is 17.4 Å². The Kier molecular flexibility index (Phi) is 7.00. The molecule has 1 aromatic carbocycles. The molecule has 32 heavy (non-hydrogen) atoms.